The summed E-state index contributed by atoms with van der Waals surface area (Å²) in [5.41, 5.74) is 0.763. The number of amides is 1. The van der Waals surface area contributed by atoms with Crippen molar-refractivity contribution in [3.05, 3.63) is 23.9 Å². The molecule has 4 heteroatoms. The zero-order valence-electron chi connectivity index (χ0n) is 9.85. The second-order valence-electron chi connectivity index (χ2n) is 4.53. The Morgan fingerprint density at radius 2 is 2.18 bits per heavy atom. The number of nitrogens with one attached hydrogen (secondary N) is 1. The third kappa shape index (κ3) is 3.27. The lowest BCUT2D eigenvalue weighted by molar-refractivity contribution is -0.120. The van der Waals surface area contributed by atoms with Gasteiger partial charge in [-0.2, -0.15) is 0 Å². The quantitative estimate of drug-likeness (QED) is 0.841. The molecule has 1 aromatic rings. The second-order valence-corrected chi connectivity index (χ2v) is 4.53. The van der Waals surface area contributed by atoms with Gasteiger partial charge in [0.15, 0.2) is 0 Å². The van der Waals surface area contributed by atoms with Crippen LogP contribution >= 0.6 is 0 Å². The zero-order chi connectivity index (χ0) is 12.1. The van der Waals surface area contributed by atoms with Crippen LogP contribution in [0.4, 0.5) is 5.82 Å². The first-order valence-corrected chi connectivity index (χ1v) is 6.16. The van der Waals surface area contributed by atoms with E-state index in [0.717, 1.165) is 31.2 Å². The standard InChI is InChI=1S/C13H18N2O2/c16-9-10-6-7-14-12(8-10)15-13(17)11-4-2-1-3-5-11/h6-8,11,16H,1-5,9H2,(H,14,15,17). The maximum absolute atomic E-state index is 12.0. The number of rotatable bonds is 3. The Morgan fingerprint density at radius 1 is 1.41 bits per heavy atom. The molecule has 0 aliphatic heterocycles. The Balaban J connectivity index is 1.96. The van der Waals surface area contributed by atoms with E-state index in [1.54, 1.807) is 18.3 Å². The Bertz CT molecular complexity index is 387. The van der Waals surface area contributed by atoms with Gasteiger partial charge in [0.25, 0.3) is 0 Å². The molecule has 1 saturated carbocycles. The van der Waals surface area contributed by atoms with E-state index in [-0.39, 0.29) is 18.4 Å². The minimum absolute atomic E-state index is 0.0329. The summed E-state index contributed by atoms with van der Waals surface area (Å²) in [5, 5.41) is 11.8. The third-order valence-electron chi connectivity index (χ3n) is 3.23. The molecule has 2 rings (SSSR count). The monoisotopic (exact) mass is 234 g/mol. The maximum atomic E-state index is 12.0. The number of hydrogen-bond acceptors (Lipinski definition) is 3. The summed E-state index contributed by atoms with van der Waals surface area (Å²) in [4.78, 5) is 16.0. The minimum atomic E-state index is -0.0329. The lowest BCUT2D eigenvalue weighted by Gasteiger charge is -2.20. The van der Waals surface area contributed by atoms with E-state index in [1.807, 2.05) is 0 Å². The number of pyridine rings is 1. The summed E-state index contributed by atoms with van der Waals surface area (Å²) in [6.07, 6.45) is 7.07. The summed E-state index contributed by atoms with van der Waals surface area (Å²) >= 11 is 0. The van der Waals surface area contributed by atoms with E-state index < -0.39 is 0 Å². The highest BCUT2D eigenvalue weighted by Crippen LogP contribution is 2.24. The van der Waals surface area contributed by atoms with Crippen LogP contribution in [0.3, 0.4) is 0 Å². The molecule has 17 heavy (non-hydrogen) atoms. The lowest BCUT2D eigenvalue weighted by atomic mass is 9.89. The van der Waals surface area contributed by atoms with Crippen LogP contribution < -0.4 is 5.32 Å². The summed E-state index contributed by atoms with van der Waals surface area (Å²) < 4.78 is 0. The number of carbonyl (C=O) groups is 1. The Morgan fingerprint density at radius 3 is 2.88 bits per heavy atom. The van der Waals surface area contributed by atoms with E-state index in [0.29, 0.717) is 5.82 Å². The van der Waals surface area contributed by atoms with E-state index in [9.17, 15) is 4.79 Å². The number of nitrogens with zero attached hydrogens (tertiary/aromatic N) is 1. The number of aliphatic hydroxyl groups is 1. The molecule has 1 aliphatic carbocycles. The number of aromatic nitrogens is 1. The predicted molar refractivity (Wildman–Crippen MR) is 65.4 cm³/mol. The van der Waals surface area contributed by atoms with Crippen LogP contribution in [0.2, 0.25) is 0 Å². The fourth-order valence-electron chi connectivity index (χ4n) is 2.23. The lowest BCUT2D eigenvalue weighted by Crippen LogP contribution is -2.25. The van der Waals surface area contributed by atoms with Crippen LogP contribution in [-0.2, 0) is 11.4 Å². The number of hydrogen-bond donors (Lipinski definition) is 2. The molecule has 0 bridgehead atoms. The summed E-state index contributed by atoms with van der Waals surface area (Å²) in [7, 11) is 0. The van der Waals surface area contributed by atoms with Crippen molar-refractivity contribution in [3.63, 3.8) is 0 Å². The number of aliphatic hydroxyl groups excluding tert-OH is 1. The SMILES string of the molecule is O=C(Nc1cc(CO)ccn1)C1CCCCC1. The smallest absolute Gasteiger partial charge is 0.228 e. The molecule has 0 radical (unpaired) electrons. The summed E-state index contributed by atoms with van der Waals surface area (Å²) in [6.45, 7) is -0.0329. The van der Waals surface area contributed by atoms with Gasteiger partial charge in [-0.3, -0.25) is 4.79 Å². The second kappa shape index (κ2) is 5.77. The fraction of sp³-hybridized carbons (Fsp3) is 0.538. The van der Waals surface area contributed by atoms with Gasteiger partial charge >= 0.3 is 0 Å². The average Bonchev–Trinajstić information content (AvgIpc) is 2.40. The van der Waals surface area contributed by atoms with Crippen molar-refractivity contribution in [1.29, 1.82) is 0 Å². The van der Waals surface area contributed by atoms with Crippen LogP contribution in [0.15, 0.2) is 18.3 Å². The van der Waals surface area contributed by atoms with E-state index >= 15 is 0 Å². The van der Waals surface area contributed by atoms with Gasteiger partial charge in [0.1, 0.15) is 5.82 Å². The van der Waals surface area contributed by atoms with Crippen molar-refractivity contribution in [2.24, 2.45) is 5.92 Å². The van der Waals surface area contributed by atoms with E-state index in [2.05, 4.69) is 10.3 Å². The largest absolute Gasteiger partial charge is 0.392 e. The Hall–Kier alpha value is -1.42. The summed E-state index contributed by atoms with van der Waals surface area (Å²) in [5.74, 6) is 0.725. The molecule has 4 nitrogen and oxygen atoms in total. The first-order chi connectivity index (χ1) is 8.29. The van der Waals surface area contributed by atoms with E-state index in [4.69, 9.17) is 5.11 Å². The predicted octanol–water partition coefficient (Wildman–Crippen LogP) is 2.09. The molecule has 1 amide bonds. The van der Waals surface area contributed by atoms with Gasteiger partial charge in [0.05, 0.1) is 6.61 Å². The van der Waals surface area contributed by atoms with Crippen molar-refractivity contribution in [3.8, 4) is 0 Å². The highest BCUT2D eigenvalue weighted by atomic mass is 16.3. The molecule has 1 heterocycles. The summed E-state index contributed by atoms with van der Waals surface area (Å²) in [6, 6.07) is 3.44. The molecule has 0 spiro atoms. The van der Waals surface area contributed by atoms with Crippen molar-refractivity contribution >= 4 is 11.7 Å². The zero-order valence-corrected chi connectivity index (χ0v) is 9.85. The number of anilines is 1. The minimum Gasteiger partial charge on any atom is -0.392 e. The fourth-order valence-corrected chi connectivity index (χ4v) is 2.23. The van der Waals surface area contributed by atoms with Crippen LogP contribution in [0.1, 0.15) is 37.7 Å². The van der Waals surface area contributed by atoms with Crippen LogP contribution in [0.5, 0.6) is 0 Å². The first-order valence-electron chi connectivity index (χ1n) is 6.16. The van der Waals surface area contributed by atoms with E-state index in [1.165, 1.54) is 6.42 Å². The third-order valence-corrected chi connectivity index (χ3v) is 3.23. The van der Waals surface area contributed by atoms with Gasteiger partial charge in [-0.05, 0) is 30.5 Å². The Kier molecular flexibility index (Phi) is 4.09. The Labute approximate surface area is 101 Å². The highest BCUT2D eigenvalue weighted by molar-refractivity contribution is 5.91. The van der Waals surface area contributed by atoms with Gasteiger partial charge in [0.2, 0.25) is 5.91 Å². The molecule has 0 unspecified atom stereocenters. The van der Waals surface area contributed by atoms with Crippen molar-refractivity contribution < 1.29 is 9.90 Å². The molecule has 1 aliphatic rings. The van der Waals surface area contributed by atoms with Crippen LogP contribution in [0, 0.1) is 5.92 Å². The van der Waals surface area contributed by atoms with Gasteiger partial charge < -0.3 is 10.4 Å². The van der Waals surface area contributed by atoms with Crippen LogP contribution in [-0.4, -0.2) is 16.0 Å². The first kappa shape index (κ1) is 12.0. The van der Waals surface area contributed by atoms with Crippen molar-refractivity contribution in [1.82, 2.24) is 4.98 Å². The molecule has 1 fully saturated rings. The van der Waals surface area contributed by atoms with Gasteiger partial charge in [0, 0.05) is 12.1 Å². The molecule has 0 atom stereocenters. The molecular formula is C13H18N2O2. The normalized spacial score (nSPS) is 16.8. The van der Waals surface area contributed by atoms with Crippen molar-refractivity contribution in [2.75, 3.05) is 5.32 Å². The van der Waals surface area contributed by atoms with Crippen LogP contribution in [0.25, 0.3) is 0 Å². The molecule has 0 aromatic carbocycles. The molecule has 92 valence electrons. The van der Waals surface area contributed by atoms with Gasteiger partial charge in [-0.15, -0.1) is 0 Å². The molecule has 1 aromatic heterocycles. The number of carbonyl (C=O) groups excluding carboxylic acids is 1. The van der Waals surface area contributed by atoms with Gasteiger partial charge in [-0.1, -0.05) is 19.3 Å². The molecule has 0 saturated heterocycles. The molecular weight excluding hydrogens is 216 g/mol. The topological polar surface area (TPSA) is 62.2 Å². The van der Waals surface area contributed by atoms with Gasteiger partial charge in [-0.25, -0.2) is 4.98 Å². The highest BCUT2D eigenvalue weighted by Gasteiger charge is 2.21. The average molecular weight is 234 g/mol. The maximum Gasteiger partial charge on any atom is 0.228 e. The molecule has 2 N–H and O–H groups in total. The van der Waals surface area contributed by atoms with Crippen molar-refractivity contribution in [2.45, 2.75) is 38.7 Å².